The van der Waals surface area contributed by atoms with Crippen LogP contribution in [0.2, 0.25) is 0 Å². The van der Waals surface area contributed by atoms with E-state index in [0.29, 0.717) is 30.4 Å². The van der Waals surface area contributed by atoms with Crippen LogP contribution in [0.1, 0.15) is 30.0 Å². The van der Waals surface area contributed by atoms with Gasteiger partial charge in [-0.15, -0.1) is 5.10 Å². The number of rotatable bonds is 5. The molecule has 0 bridgehead atoms. The van der Waals surface area contributed by atoms with Crippen LogP contribution in [0.4, 0.5) is 5.82 Å². The lowest BCUT2D eigenvalue weighted by atomic mass is 10.1. The minimum atomic E-state index is 0.307. The van der Waals surface area contributed by atoms with E-state index in [9.17, 15) is 0 Å². The molecule has 20 heavy (non-hydrogen) atoms. The van der Waals surface area contributed by atoms with E-state index in [0.717, 1.165) is 17.5 Å². The number of hydrogen-bond donors (Lipinski definition) is 1. The lowest BCUT2D eigenvalue weighted by Crippen LogP contribution is -2.04. The van der Waals surface area contributed by atoms with Gasteiger partial charge in [0, 0.05) is 6.54 Å². The molecule has 0 amide bonds. The van der Waals surface area contributed by atoms with Gasteiger partial charge in [-0.05, 0) is 24.5 Å². The van der Waals surface area contributed by atoms with Gasteiger partial charge in [-0.3, -0.25) is 0 Å². The van der Waals surface area contributed by atoms with Crippen molar-refractivity contribution in [1.82, 2.24) is 9.78 Å². The van der Waals surface area contributed by atoms with Crippen LogP contribution in [0.25, 0.3) is 0 Å². The van der Waals surface area contributed by atoms with Crippen molar-refractivity contribution in [3.63, 3.8) is 0 Å². The van der Waals surface area contributed by atoms with Crippen molar-refractivity contribution in [3.8, 4) is 11.9 Å². The average Bonchev–Trinajstić information content (AvgIpc) is 2.74. The van der Waals surface area contributed by atoms with Crippen molar-refractivity contribution < 1.29 is 4.74 Å². The molecule has 0 radical (unpaired) electrons. The van der Waals surface area contributed by atoms with E-state index >= 15 is 0 Å². The zero-order valence-electron chi connectivity index (χ0n) is 11.8. The number of ether oxygens (including phenoxy) is 1. The number of anilines is 1. The number of benzene rings is 1. The standard InChI is InChI=1S/C15H18N4O/c1-3-8-19-14(17)13(9-16)15(18-19)20-10-12-7-5-4-6-11(12)2/h4-7H,3,8,10,17H2,1-2H3. The first-order valence-electron chi connectivity index (χ1n) is 6.61. The van der Waals surface area contributed by atoms with Gasteiger partial charge in [0.05, 0.1) is 0 Å². The number of nitrogen functional groups attached to an aromatic ring is 1. The summed E-state index contributed by atoms with van der Waals surface area (Å²) >= 11 is 0. The van der Waals surface area contributed by atoms with Crippen LogP contribution in [0.15, 0.2) is 24.3 Å². The lowest BCUT2D eigenvalue weighted by molar-refractivity contribution is 0.288. The third-order valence-corrected chi connectivity index (χ3v) is 3.13. The van der Waals surface area contributed by atoms with E-state index in [4.69, 9.17) is 15.7 Å². The second-order valence-corrected chi connectivity index (χ2v) is 4.62. The van der Waals surface area contributed by atoms with Crippen LogP contribution >= 0.6 is 0 Å². The first kappa shape index (κ1) is 13.9. The lowest BCUT2D eigenvalue weighted by Gasteiger charge is -2.06. The Morgan fingerprint density at radius 3 is 2.80 bits per heavy atom. The Kier molecular flexibility index (Phi) is 4.26. The molecule has 1 aromatic heterocycles. The largest absolute Gasteiger partial charge is 0.471 e. The summed E-state index contributed by atoms with van der Waals surface area (Å²) in [7, 11) is 0. The molecule has 0 unspecified atom stereocenters. The fraction of sp³-hybridized carbons (Fsp3) is 0.333. The minimum absolute atomic E-state index is 0.307. The monoisotopic (exact) mass is 270 g/mol. The normalized spacial score (nSPS) is 10.2. The molecule has 1 aromatic carbocycles. The van der Waals surface area contributed by atoms with E-state index in [1.807, 2.05) is 38.1 Å². The number of nitriles is 1. The fourth-order valence-corrected chi connectivity index (χ4v) is 1.96. The highest BCUT2D eigenvalue weighted by molar-refractivity contribution is 5.55. The number of aryl methyl sites for hydroxylation is 2. The Bertz CT molecular complexity index is 640. The van der Waals surface area contributed by atoms with E-state index in [-0.39, 0.29) is 0 Å². The molecular weight excluding hydrogens is 252 g/mol. The molecule has 0 saturated heterocycles. The Labute approximate surface area is 118 Å². The molecule has 0 fully saturated rings. The van der Waals surface area contributed by atoms with Gasteiger partial charge >= 0.3 is 0 Å². The second kappa shape index (κ2) is 6.11. The van der Waals surface area contributed by atoms with Crippen LogP contribution in [-0.4, -0.2) is 9.78 Å². The van der Waals surface area contributed by atoms with Gasteiger partial charge in [0.15, 0.2) is 5.56 Å². The Balaban J connectivity index is 2.20. The summed E-state index contributed by atoms with van der Waals surface area (Å²) in [5.74, 6) is 0.677. The van der Waals surface area contributed by atoms with Gasteiger partial charge < -0.3 is 10.5 Å². The molecule has 2 N–H and O–H groups in total. The third-order valence-electron chi connectivity index (χ3n) is 3.13. The quantitative estimate of drug-likeness (QED) is 0.906. The molecule has 104 valence electrons. The molecular formula is C15H18N4O. The molecule has 0 spiro atoms. The molecule has 0 atom stereocenters. The highest BCUT2D eigenvalue weighted by atomic mass is 16.5. The highest BCUT2D eigenvalue weighted by Gasteiger charge is 2.16. The van der Waals surface area contributed by atoms with Crippen LogP contribution < -0.4 is 10.5 Å². The van der Waals surface area contributed by atoms with Gasteiger partial charge in [-0.2, -0.15) is 5.26 Å². The molecule has 0 aliphatic heterocycles. The first-order valence-corrected chi connectivity index (χ1v) is 6.61. The highest BCUT2D eigenvalue weighted by Crippen LogP contribution is 2.24. The first-order chi connectivity index (χ1) is 9.67. The molecule has 1 heterocycles. The van der Waals surface area contributed by atoms with Crippen molar-refractivity contribution in [3.05, 3.63) is 41.0 Å². The zero-order chi connectivity index (χ0) is 14.5. The summed E-state index contributed by atoms with van der Waals surface area (Å²) in [6, 6.07) is 10.0. The van der Waals surface area contributed by atoms with E-state index in [1.54, 1.807) is 4.68 Å². The van der Waals surface area contributed by atoms with Gasteiger partial charge in [-0.1, -0.05) is 31.2 Å². The summed E-state index contributed by atoms with van der Waals surface area (Å²) in [4.78, 5) is 0. The van der Waals surface area contributed by atoms with E-state index in [1.165, 1.54) is 0 Å². The molecule has 5 heteroatoms. The maximum Gasteiger partial charge on any atom is 0.253 e. The molecule has 2 aromatic rings. The van der Waals surface area contributed by atoms with Gasteiger partial charge in [0.1, 0.15) is 18.5 Å². The van der Waals surface area contributed by atoms with Gasteiger partial charge in [-0.25, -0.2) is 4.68 Å². The topological polar surface area (TPSA) is 76.9 Å². The maximum atomic E-state index is 9.17. The van der Waals surface area contributed by atoms with E-state index < -0.39 is 0 Å². The predicted octanol–water partition coefficient (Wildman–Crippen LogP) is 2.63. The molecule has 0 aliphatic carbocycles. The van der Waals surface area contributed by atoms with E-state index in [2.05, 4.69) is 11.2 Å². The average molecular weight is 270 g/mol. The zero-order valence-corrected chi connectivity index (χ0v) is 11.8. The van der Waals surface area contributed by atoms with Gasteiger partial charge in [0.25, 0.3) is 5.88 Å². The molecule has 0 saturated carbocycles. The minimum Gasteiger partial charge on any atom is -0.471 e. The van der Waals surface area contributed by atoms with Crippen LogP contribution in [0.5, 0.6) is 5.88 Å². The van der Waals surface area contributed by atoms with Crippen molar-refractivity contribution in [1.29, 1.82) is 5.26 Å². The summed E-state index contributed by atoms with van der Waals surface area (Å²) in [5, 5.41) is 13.4. The summed E-state index contributed by atoms with van der Waals surface area (Å²) < 4.78 is 7.29. The van der Waals surface area contributed by atoms with Gasteiger partial charge in [0.2, 0.25) is 0 Å². The SMILES string of the molecule is CCCn1nc(OCc2ccccc2C)c(C#N)c1N. The van der Waals surface area contributed by atoms with Crippen LogP contribution in [0, 0.1) is 18.3 Å². The third kappa shape index (κ3) is 2.75. The van der Waals surface area contributed by atoms with Crippen molar-refractivity contribution >= 4 is 5.82 Å². The number of nitrogens with zero attached hydrogens (tertiary/aromatic N) is 3. The second-order valence-electron chi connectivity index (χ2n) is 4.62. The number of hydrogen-bond acceptors (Lipinski definition) is 4. The van der Waals surface area contributed by atoms with Crippen molar-refractivity contribution in [2.45, 2.75) is 33.4 Å². The summed E-state index contributed by atoms with van der Waals surface area (Å²) in [5.41, 5.74) is 8.42. The predicted molar refractivity (Wildman–Crippen MR) is 77.2 cm³/mol. The number of aromatic nitrogens is 2. The Morgan fingerprint density at radius 2 is 2.15 bits per heavy atom. The van der Waals surface area contributed by atoms with Crippen LogP contribution in [-0.2, 0) is 13.2 Å². The van der Waals surface area contributed by atoms with Crippen molar-refractivity contribution in [2.75, 3.05) is 5.73 Å². The molecule has 2 rings (SSSR count). The smallest absolute Gasteiger partial charge is 0.253 e. The molecule has 0 aliphatic rings. The fourth-order valence-electron chi connectivity index (χ4n) is 1.96. The maximum absolute atomic E-state index is 9.17. The summed E-state index contributed by atoms with van der Waals surface area (Å²) in [6.07, 6.45) is 0.897. The summed E-state index contributed by atoms with van der Waals surface area (Å²) in [6.45, 7) is 5.10. The Hall–Kier alpha value is -2.48. The number of nitrogens with two attached hydrogens (primary N) is 1. The molecule has 5 nitrogen and oxygen atoms in total. The van der Waals surface area contributed by atoms with Crippen molar-refractivity contribution in [2.24, 2.45) is 0 Å². The Morgan fingerprint density at radius 1 is 1.40 bits per heavy atom. The van der Waals surface area contributed by atoms with Crippen LogP contribution in [0.3, 0.4) is 0 Å².